The Kier molecular flexibility index (Phi) is 4.81. The monoisotopic (exact) mass is 278 g/mol. The average Bonchev–Trinajstić information content (AvgIpc) is 2.90. The van der Waals surface area contributed by atoms with E-state index >= 15 is 0 Å². The van der Waals surface area contributed by atoms with Gasteiger partial charge in [-0.1, -0.05) is 25.0 Å². The molecule has 0 bridgehead atoms. The highest BCUT2D eigenvalue weighted by molar-refractivity contribution is 5.91. The number of carboxylic acid groups (broad SMARTS) is 1. The van der Waals surface area contributed by atoms with E-state index in [0.29, 0.717) is 11.4 Å². The quantitative estimate of drug-likeness (QED) is 0.770. The van der Waals surface area contributed by atoms with E-state index in [9.17, 15) is 9.59 Å². The summed E-state index contributed by atoms with van der Waals surface area (Å²) in [5, 5.41) is 14.2. The van der Waals surface area contributed by atoms with Crippen molar-refractivity contribution in [2.45, 2.75) is 31.7 Å². The van der Waals surface area contributed by atoms with Gasteiger partial charge in [-0.05, 0) is 25.0 Å². The van der Waals surface area contributed by atoms with Gasteiger partial charge in [-0.2, -0.15) is 0 Å². The molecule has 6 heteroatoms. The van der Waals surface area contributed by atoms with E-state index in [-0.39, 0.29) is 12.1 Å². The Morgan fingerprint density at radius 2 is 1.95 bits per heavy atom. The van der Waals surface area contributed by atoms with Crippen LogP contribution in [0.25, 0.3) is 0 Å². The van der Waals surface area contributed by atoms with Crippen LogP contribution in [0.1, 0.15) is 25.7 Å². The predicted octanol–water partition coefficient (Wildman–Crippen LogP) is 2.21. The van der Waals surface area contributed by atoms with Crippen LogP contribution in [-0.2, 0) is 4.79 Å². The number of carboxylic acids is 1. The molecule has 0 saturated heterocycles. The normalized spacial score (nSPS) is 14.8. The number of anilines is 1. The molecule has 0 unspecified atom stereocenters. The average molecular weight is 278 g/mol. The highest BCUT2D eigenvalue weighted by Crippen LogP contribution is 2.24. The third-order valence-electron chi connectivity index (χ3n) is 3.18. The van der Waals surface area contributed by atoms with E-state index in [1.165, 1.54) is 0 Å². The van der Waals surface area contributed by atoms with Crippen molar-refractivity contribution < 1.29 is 19.4 Å². The molecular formula is C14H18N2O4. The van der Waals surface area contributed by atoms with Crippen LogP contribution >= 0.6 is 0 Å². The Labute approximate surface area is 117 Å². The standard InChI is InChI=1S/C14H18N2O4/c17-13(18)9-20-12-8-4-3-7-11(12)16-14(19)15-10-5-1-2-6-10/h3-4,7-8,10H,1-2,5-6,9H2,(H,17,18)(H2,15,16,19). The number of hydrogen-bond acceptors (Lipinski definition) is 3. The van der Waals surface area contributed by atoms with Crippen molar-refractivity contribution >= 4 is 17.7 Å². The number of rotatable bonds is 5. The lowest BCUT2D eigenvalue weighted by Crippen LogP contribution is -2.36. The minimum Gasteiger partial charge on any atom is -0.480 e. The summed E-state index contributed by atoms with van der Waals surface area (Å²) >= 11 is 0. The van der Waals surface area contributed by atoms with Crippen LogP contribution < -0.4 is 15.4 Å². The summed E-state index contributed by atoms with van der Waals surface area (Å²) in [7, 11) is 0. The Morgan fingerprint density at radius 3 is 2.65 bits per heavy atom. The summed E-state index contributed by atoms with van der Waals surface area (Å²) < 4.78 is 5.13. The molecule has 0 aliphatic heterocycles. The first-order valence-electron chi connectivity index (χ1n) is 6.66. The number of carbonyl (C=O) groups is 2. The van der Waals surface area contributed by atoms with Crippen molar-refractivity contribution in [1.82, 2.24) is 5.32 Å². The number of benzene rings is 1. The summed E-state index contributed by atoms with van der Waals surface area (Å²) in [6.45, 7) is -0.442. The molecule has 1 aromatic rings. The summed E-state index contributed by atoms with van der Waals surface area (Å²) in [4.78, 5) is 22.4. The molecule has 3 N–H and O–H groups in total. The highest BCUT2D eigenvalue weighted by atomic mass is 16.5. The van der Waals surface area contributed by atoms with Crippen molar-refractivity contribution in [3.63, 3.8) is 0 Å². The van der Waals surface area contributed by atoms with Gasteiger partial charge in [-0.3, -0.25) is 0 Å². The van der Waals surface area contributed by atoms with Gasteiger partial charge in [0, 0.05) is 6.04 Å². The molecule has 1 aliphatic carbocycles. The van der Waals surface area contributed by atoms with Crippen molar-refractivity contribution in [3.8, 4) is 5.75 Å². The number of carbonyl (C=O) groups excluding carboxylic acids is 1. The van der Waals surface area contributed by atoms with Gasteiger partial charge in [-0.25, -0.2) is 9.59 Å². The van der Waals surface area contributed by atoms with Gasteiger partial charge in [0.2, 0.25) is 0 Å². The molecule has 2 amide bonds. The van der Waals surface area contributed by atoms with Gasteiger partial charge >= 0.3 is 12.0 Å². The van der Waals surface area contributed by atoms with Gasteiger partial charge < -0.3 is 20.5 Å². The van der Waals surface area contributed by atoms with Crippen LogP contribution in [0.5, 0.6) is 5.75 Å². The van der Waals surface area contributed by atoms with E-state index in [4.69, 9.17) is 9.84 Å². The van der Waals surface area contributed by atoms with Gasteiger partial charge in [0.15, 0.2) is 6.61 Å². The Balaban J connectivity index is 1.93. The van der Waals surface area contributed by atoms with Crippen molar-refractivity contribution in [3.05, 3.63) is 24.3 Å². The van der Waals surface area contributed by atoms with Crippen LogP contribution in [0.2, 0.25) is 0 Å². The lowest BCUT2D eigenvalue weighted by Gasteiger charge is -2.15. The van der Waals surface area contributed by atoms with Gasteiger partial charge in [-0.15, -0.1) is 0 Å². The molecule has 20 heavy (non-hydrogen) atoms. The fourth-order valence-electron chi connectivity index (χ4n) is 2.25. The van der Waals surface area contributed by atoms with Crippen molar-refractivity contribution in [2.24, 2.45) is 0 Å². The van der Waals surface area contributed by atoms with Crippen molar-refractivity contribution in [2.75, 3.05) is 11.9 Å². The summed E-state index contributed by atoms with van der Waals surface area (Å²) in [5.41, 5.74) is 0.462. The Morgan fingerprint density at radius 1 is 1.25 bits per heavy atom. The molecule has 1 saturated carbocycles. The van der Waals surface area contributed by atoms with E-state index < -0.39 is 12.6 Å². The second kappa shape index (κ2) is 6.79. The van der Waals surface area contributed by atoms with Crippen LogP contribution in [0.4, 0.5) is 10.5 Å². The number of amides is 2. The predicted molar refractivity (Wildman–Crippen MR) is 74.0 cm³/mol. The number of urea groups is 1. The number of hydrogen-bond donors (Lipinski definition) is 3. The number of nitrogens with one attached hydrogen (secondary N) is 2. The molecule has 108 valence electrons. The van der Waals surface area contributed by atoms with Crippen LogP contribution in [0.15, 0.2) is 24.3 Å². The molecular weight excluding hydrogens is 260 g/mol. The maximum Gasteiger partial charge on any atom is 0.341 e. The molecule has 0 radical (unpaired) electrons. The maximum absolute atomic E-state index is 11.9. The molecule has 1 aromatic carbocycles. The molecule has 0 heterocycles. The van der Waals surface area contributed by atoms with Crippen LogP contribution in [0.3, 0.4) is 0 Å². The molecule has 1 aliphatic rings. The fraction of sp³-hybridized carbons (Fsp3) is 0.429. The van der Waals surface area contributed by atoms with Crippen LogP contribution in [0, 0.1) is 0 Å². The zero-order chi connectivity index (χ0) is 14.4. The van der Waals surface area contributed by atoms with Gasteiger partial charge in [0.05, 0.1) is 5.69 Å². The smallest absolute Gasteiger partial charge is 0.341 e. The summed E-state index contributed by atoms with van der Waals surface area (Å²) in [6.07, 6.45) is 4.29. The first-order chi connectivity index (χ1) is 9.65. The molecule has 0 aromatic heterocycles. The minimum atomic E-state index is -1.06. The molecule has 6 nitrogen and oxygen atoms in total. The van der Waals surface area contributed by atoms with E-state index in [1.54, 1.807) is 24.3 Å². The van der Waals surface area contributed by atoms with E-state index in [1.807, 2.05) is 0 Å². The first kappa shape index (κ1) is 14.2. The lowest BCUT2D eigenvalue weighted by atomic mass is 10.2. The molecule has 1 fully saturated rings. The number of ether oxygens (including phenoxy) is 1. The topological polar surface area (TPSA) is 87.7 Å². The van der Waals surface area contributed by atoms with Gasteiger partial charge in [0.1, 0.15) is 5.75 Å². The van der Waals surface area contributed by atoms with E-state index in [0.717, 1.165) is 25.7 Å². The lowest BCUT2D eigenvalue weighted by molar-refractivity contribution is -0.139. The van der Waals surface area contributed by atoms with Gasteiger partial charge in [0.25, 0.3) is 0 Å². The first-order valence-corrected chi connectivity index (χ1v) is 6.66. The minimum absolute atomic E-state index is 0.224. The Hall–Kier alpha value is -2.24. The van der Waals surface area contributed by atoms with E-state index in [2.05, 4.69) is 10.6 Å². The maximum atomic E-state index is 11.9. The van der Waals surface area contributed by atoms with Crippen LogP contribution in [-0.4, -0.2) is 29.8 Å². The fourth-order valence-corrected chi connectivity index (χ4v) is 2.25. The summed E-state index contributed by atoms with van der Waals surface area (Å²) in [5.74, 6) is -0.716. The molecule has 0 atom stereocenters. The third kappa shape index (κ3) is 4.15. The second-order valence-electron chi connectivity index (χ2n) is 4.76. The highest BCUT2D eigenvalue weighted by Gasteiger charge is 2.17. The number of para-hydroxylation sites is 2. The zero-order valence-electron chi connectivity index (χ0n) is 11.1. The SMILES string of the molecule is O=C(O)COc1ccccc1NC(=O)NC1CCCC1. The van der Waals surface area contributed by atoms with Crippen molar-refractivity contribution in [1.29, 1.82) is 0 Å². The third-order valence-corrected chi connectivity index (χ3v) is 3.18. The second-order valence-corrected chi connectivity index (χ2v) is 4.76. The zero-order valence-corrected chi connectivity index (χ0v) is 11.1. The molecule has 2 rings (SSSR count). The molecule has 0 spiro atoms. The summed E-state index contributed by atoms with van der Waals surface area (Å²) in [6, 6.07) is 6.70. The largest absolute Gasteiger partial charge is 0.480 e. The number of aliphatic carboxylic acids is 1. The Bertz CT molecular complexity index is 484.